The molecule has 0 saturated heterocycles. The van der Waals surface area contributed by atoms with Gasteiger partial charge in [-0.15, -0.1) is 0 Å². The molecule has 0 bridgehead atoms. The van der Waals surface area contributed by atoms with Gasteiger partial charge in [-0.25, -0.2) is 0 Å². The predicted octanol–water partition coefficient (Wildman–Crippen LogP) is 2.41. The largest absolute Gasteiger partial charge is 0.310 e. The highest BCUT2D eigenvalue weighted by Crippen LogP contribution is 2.22. The van der Waals surface area contributed by atoms with Gasteiger partial charge in [0, 0.05) is 24.2 Å². The summed E-state index contributed by atoms with van der Waals surface area (Å²) in [6, 6.07) is 11.9. The maximum absolute atomic E-state index is 4.30. The summed E-state index contributed by atoms with van der Waals surface area (Å²) >= 11 is 0. The number of fused-ring (bicyclic) bond motifs is 1. The molecule has 3 nitrogen and oxygen atoms in total. The first-order chi connectivity index (χ1) is 9.20. The van der Waals surface area contributed by atoms with Crippen LogP contribution in [-0.4, -0.2) is 22.3 Å². The number of aryl methyl sites for hydroxylation is 1. The van der Waals surface area contributed by atoms with Crippen molar-refractivity contribution < 1.29 is 0 Å². The van der Waals surface area contributed by atoms with Gasteiger partial charge in [-0.05, 0) is 43.9 Å². The minimum Gasteiger partial charge on any atom is -0.310 e. The molecule has 3 rings (SSSR count). The van der Waals surface area contributed by atoms with E-state index in [1.54, 1.807) is 0 Å². The summed E-state index contributed by atoms with van der Waals surface area (Å²) in [4.78, 5) is 0. The predicted molar refractivity (Wildman–Crippen MR) is 77.3 cm³/mol. The average molecular weight is 255 g/mol. The molecule has 2 N–H and O–H groups in total. The number of hydrogen-bond acceptors (Lipinski definition) is 2. The van der Waals surface area contributed by atoms with E-state index < -0.39 is 0 Å². The van der Waals surface area contributed by atoms with Crippen molar-refractivity contribution in [1.82, 2.24) is 15.5 Å². The summed E-state index contributed by atoms with van der Waals surface area (Å²) in [6.45, 7) is 4.29. The lowest BCUT2D eigenvalue weighted by molar-refractivity contribution is 0.451. The number of nitrogens with zero attached hydrogens (tertiary/aromatic N) is 1. The van der Waals surface area contributed by atoms with Crippen molar-refractivity contribution in [3.8, 4) is 0 Å². The van der Waals surface area contributed by atoms with Crippen LogP contribution in [0.2, 0.25) is 0 Å². The van der Waals surface area contributed by atoms with Crippen LogP contribution in [0.1, 0.15) is 29.4 Å². The van der Waals surface area contributed by atoms with Crippen LogP contribution < -0.4 is 5.32 Å². The molecule has 3 heteroatoms. The Balaban J connectivity index is 1.55. The SMILES string of the molecule is Cc1cc(C[C@H](C)NC2Cc3ccccc3C2)n[nH]1. The van der Waals surface area contributed by atoms with Crippen LogP contribution >= 0.6 is 0 Å². The van der Waals surface area contributed by atoms with E-state index in [1.165, 1.54) is 11.1 Å². The summed E-state index contributed by atoms with van der Waals surface area (Å²) in [5.74, 6) is 0. The van der Waals surface area contributed by atoms with Crippen molar-refractivity contribution in [3.63, 3.8) is 0 Å². The van der Waals surface area contributed by atoms with Crippen LogP contribution in [0.3, 0.4) is 0 Å². The van der Waals surface area contributed by atoms with E-state index in [2.05, 4.69) is 52.8 Å². The van der Waals surface area contributed by atoms with Crippen LogP contribution in [0.15, 0.2) is 30.3 Å². The summed E-state index contributed by atoms with van der Waals surface area (Å²) in [5.41, 5.74) is 5.29. The molecule has 1 aliphatic carbocycles. The van der Waals surface area contributed by atoms with E-state index in [4.69, 9.17) is 0 Å². The van der Waals surface area contributed by atoms with E-state index in [0.717, 1.165) is 30.7 Å². The molecule has 0 fully saturated rings. The van der Waals surface area contributed by atoms with Gasteiger partial charge in [-0.3, -0.25) is 5.10 Å². The number of hydrogen-bond donors (Lipinski definition) is 2. The molecule has 1 aromatic heterocycles. The standard InChI is InChI=1S/C16H21N3/c1-11(7-16-8-12(2)18-19-16)17-15-9-13-5-3-4-6-14(13)10-15/h3-6,8,11,15,17H,7,9-10H2,1-2H3,(H,18,19)/t11-/m0/s1. The topological polar surface area (TPSA) is 40.7 Å². The first-order valence-corrected chi connectivity index (χ1v) is 7.04. The molecule has 0 amide bonds. The van der Waals surface area contributed by atoms with Gasteiger partial charge in [0.25, 0.3) is 0 Å². The van der Waals surface area contributed by atoms with Crippen LogP contribution in [0.25, 0.3) is 0 Å². The fraction of sp³-hybridized carbons (Fsp3) is 0.438. The van der Waals surface area contributed by atoms with E-state index in [-0.39, 0.29) is 0 Å². The van der Waals surface area contributed by atoms with Gasteiger partial charge in [-0.2, -0.15) is 5.10 Å². The second-order valence-electron chi connectivity index (χ2n) is 5.69. The third-order valence-corrected chi connectivity index (χ3v) is 3.85. The van der Waals surface area contributed by atoms with Crippen LogP contribution in [0.4, 0.5) is 0 Å². The van der Waals surface area contributed by atoms with Crippen molar-refractivity contribution in [2.75, 3.05) is 0 Å². The minimum absolute atomic E-state index is 0.460. The van der Waals surface area contributed by atoms with E-state index in [1.807, 2.05) is 6.92 Å². The summed E-state index contributed by atoms with van der Waals surface area (Å²) in [7, 11) is 0. The fourth-order valence-electron chi connectivity index (χ4n) is 3.03. The maximum atomic E-state index is 4.30. The molecule has 0 radical (unpaired) electrons. The second kappa shape index (κ2) is 5.17. The van der Waals surface area contributed by atoms with E-state index in [0.29, 0.717) is 12.1 Å². The number of aromatic nitrogens is 2. The van der Waals surface area contributed by atoms with Crippen LogP contribution in [0, 0.1) is 6.92 Å². The summed E-state index contributed by atoms with van der Waals surface area (Å²) < 4.78 is 0. The Bertz CT molecular complexity index is 534. The second-order valence-corrected chi connectivity index (χ2v) is 5.69. The first kappa shape index (κ1) is 12.4. The Kier molecular flexibility index (Phi) is 3.38. The molecule has 0 aliphatic heterocycles. The normalized spacial score (nSPS) is 16.5. The van der Waals surface area contributed by atoms with Gasteiger partial charge in [0.1, 0.15) is 0 Å². The Morgan fingerprint density at radius 3 is 2.58 bits per heavy atom. The van der Waals surface area contributed by atoms with Gasteiger partial charge in [0.05, 0.1) is 5.69 Å². The molecule has 0 saturated carbocycles. The Hall–Kier alpha value is -1.61. The molecular formula is C16H21N3. The quantitative estimate of drug-likeness (QED) is 0.881. The first-order valence-electron chi connectivity index (χ1n) is 7.04. The molecule has 1 aliphatic rings. The Morgan fingerprint density at radius 1 is 1.32 bits per heavy atom. The number of H-pyrrole nitrogens is 1. The number of aromatic amines is 1. The third kappa shape index (κ3) is 2.87. The van der Waals surface area contributed by atoms with Crippen LogP contribution in [0.5, 0.6) is 0 Å². The number of nitrogens with one attached hydrogen (secondary N) is 2. The van der Waals surface area contributed by atoms with Crippen molar-refractivity contribution in [1.29, 1.82) is 0 Å². The lowest BCUT2D eigenvalue weighted by Crippen LogP contribution is -2.38. The van der Waals surface area contributed by atoms with Crippen molar-refractivity contribution in [2.45, 2.75) is 45.2 Å². The van der Waals surface area contributed by atoms with Gasteiger partial charge in [0.2, 0.25) is 0 Å². The highest BCUT2D eigenvalue weighted by molar-refractivity contribution is 5.33. The molecule has 0 unspecified atom stereocenters. The lowest BCUT2D eigenvalue weighted by Gasteiger charge is -2.18. The smallest absolute Gasteiger partial charge is 0.0640 e. The van der Waals surface area contributed by atoms with Crippen molar-refractivity contribution >= 4 is 0 Å². The molecule has 1 aromatic carbocycles. The summed E-state index contributed by atoms with van der Waals surface area (Å²) in [6.07, 6.45) is 3.29. The fourth-order valence-corrected chi connectivity index (χ4v) is 3.03. The number of rotatable bonds is 4. The van der Waals surface area contributed by atoms with Gasteiger partial charge < -0.3 is 5.32 Å². The maximum Gasteiger partial charge on any atom is 0.0640 e. The highest BCUT2D eigenvalue weighted by Gasteiger charge is 2.22. The molecule has 100 valence electrons. The zero-order valence-electron chi connectivity index (χ0n) is 11.6. The summed E-state index contributed by atoms with van der Waals surface area (Å²) in [5, 5.41) is 11.0. The lowest BCUT2D eigenvalue weighted by atomic mass is 10.1. The van der Waals surface area contributed by atoms with Crippen molar-refractivity contribution in [3.05, 3.63) is 52.8 Å². The number of benzene rings is 1. The van der Waals surface area contributed by atoms with Crippen LogP contribution in [-0.2, 0) is 19.3 Å². The van der Waals surface area contributed by atoms with Gasteiger partial charge >= 0.3 is 0 Å². The molecular weight excluding hydrogens is 234 g/mol. The average Bonchev–Trinajstić information content (AvgIpc) is 2.94. The van der Waals surface area contributed by atoms with E-state index in [9.17, 15) is 0 Å². The Morgan fingerprint density at radius 2 is 2.00 bits per heavy atom. The third-order valence-electron chi connectivity index (χ3n) is 3.85. The Labute approximate surface area is 114 Å². The molecule has 1 atom stereocenters. The van der Waals surface area contributed by atoms with E-state index >= 15 is 0 Å². The van der Waals surface area contributed by atoms with Crippen molar-refractivity contribution in [2.24, 2.45) is 0 Å². The van der Waals surface area contributed by atoms with Gasteiger partial charge in [-0.1, -0.05) is 24.3 Å². The molecule has 0 spiro atoms. The zero-order valence-corrected chi connectivity index (χ0v) is 11.6. The minimum atomic E-state index is 0.460. The van der Waals surface area contributed by atoms with Gasteiger partial charge in [0.15, 0.2) is 0 Å². The molecule has 1 heterocycles. The molecule has 2 aromatic rings. The highest BCUT2D eigenvalue weighted by atomic mass is 15.1. The molecule has 19 heavy (non-hydrogen) atoms. The zero-order chi connectivity index (χ0) is 13.2. The monoisotopic (exact) mass is 255 g/mol.